The predicted octanol–water partition coefficient (Wildman–Crippen LogP) is 0.543. The van der Waals surface area contributed by atoms with Crippen molar-refractivity contribution >= 4 is 17.8 Å². The van der Waals surface area contributed by atoms with Crippen molar-refractivity contribution in [3.05, 3.63) is 11.9 Å². The molecule has 0 atom stereocenters. The fraction of sp³-hybridized carbons (Fsp3) is 0.643. The molecule has 0 spiro atoms. The van der Waals surface area contributed by atoms with Crippen LogP contribution in [-0.4, -0.2) is 52.9 Å². The summed E-state index contributed by atoms with van der Waals surface area (Å²) in [6.07, 6.45) is 2.76. The van der Waals surface area contributed by atoms with Gasteiger partial charge < -0.3 is 20.1 Å². The Kier molecular flexibility index (Phi) is 4.82. The molecule has 1 aromatic rings. The molecular formula is C14H23N5O2. The van der Waals surface area contributed by atoms with E-state index in [4.69, 9.17) is 0 Å². The predicted molar refractivity (Wildman–Crippen MR) is 80.1 cm³/mol. The standard InChI is InChI=1S/C14H23N5O2/c1-10(2)7-16-12(20)9-18(3)13(21)11-8-19-6-4-5-15-14(19)17-11/h8,10H,4-7,9H2,1-3H3,(H,15,17)(H,16,20). The second kappa shape index (κ2) is 6.60. The van der Waals surface area contributed by atoms with Crippen LogP contribution in [0.4, 0.5) is 5.95 Å². The first-order valence-corrected chi connectivity index (χ1v) is 7.30. The zero-order chi connectivity index (χ0) is 15.4. The van der Waals surface area contributed by atoms with Crippen molar-refractivity contribution < 1.29 is 9.59 Å². The van der Waals surface area contributed by atoms with Gasteiger partial charge in [-0.05, 0) is 12.3 Å². The Bertz CT molecular complexity index is 500. The lowest BCUT2D eigenvalue weighted by molar-refractivity contribution is -0.121. The van der Waals surface area contributed by atoms with Crippen LogP contribution in [0, 0.1) is 5.92 Å². The zero-order valence-electron chi connectivity index (χ0n) is 12.8. The maximum Gasteiger partial charge on any atom is 0.274 e. The van der Waals surface area contributed by atoms with E-state index in [0.717, 1.165) is 25.5 Å². The molecule has 1 aliphatic rings. The van der Waals surface area contributed by atoms with E-state index in [2.05, 4.69) is 15.6 Å². The lowest BCUT2D eigenvalue weighted by Gasteiger charge is -2.16. The number of fused-ring (bicyclic) bond motifs is 1. The normalized spacial score (nSPS) is 13.5. The maximum absolute atomic E-state index is 12.3. The quantitative estimate of drug-likeness (QED) is 0.830. The van der Waals surface area contributed by atoms with Crippen molar-refractivity contribution in [2.75, 3.05) is 32.0 Å². The van der Waals surface area contributed by atoms with Crippen molar-refractivity contribution in [1.82, 2.24) is 19.8 Å². The summed E-state index contributed by atoms with van der Waals surface area (Å²) in [6, 6.07) is 0. The number of imidazole rings is 1. The third-order valence-electron chi connectivity index (χ3n) is 3.29. The molecule has 21 heavy (non-hydrogen) atoms. The van der Waals surface area contributed by atoms with E-state index in [-0.39, 0.29) is 18.4 Å². The van der Waals surface area contributed by atoms with Crippen LogP contribution < -0.4 is 10.6 Å². The van der Waals surface area contributed by atoms with Crippen LogP contribution >= 0.6 is 0 Å². The Morgan fingerprint density at radius 1 is 1.52 bits per heavy atom. The summed E-state index contributed by atoms with van der Waals surface area (Å²) in [5, 5.41) is 5.95. The minimum atomic E-state index is -0.238. The largest absolute Gasteiger partial charge is 0.356 e. The van der Waals surface area contributed by atoms with Crippen molar-refractivity contribution in [3.63, 3.8) is 0 Å². The molecule has 0 saturated heterocycles. The van der Waals surface area contributed by atoms with Gasteiger partial charge >= 0.3 is 0 Å². The molecule has 2 rings (SSSR count). The lowest BCUT2D eigenvalue weighted by Crippen LogP contribution is -2.39. The van der Waals surface area contributed by atoms with Gasteiger partial charge in [0.15, 0.2) is 0 Å². The average Bonchev–Trinajstić information content (AvgIpc) is 2.88. The highest BCUT2D eigenvalue weighted by Crippen LogP contribution is 2.14. The van der Waals surface area contributed by atoms with Gasteiger partial charge in [0.05, 0.1) is 6.54 Å². The Balaban J connectivity index is 1.92. The Hall–Kier alpha value is -2.05. The summed E-state index contributed by atoms with van der Waals surface area (Å²) in [4.78, 5) is 29.7. The summed E-state index contributed by atoms with van der Waals surface area (Å²) >= 11 is 0. The van der Waals surface area contributed by atoms with E-state index in [0.29, 0.717) is 18.2 Å². The molecule has 2 amide bonds. The molecule has 7 heteroatoms. The van der Waals surface area contributed by atoms with E-state index in [9.17, 15) is 9.59 Å². The highest BCUT2D eigenvalue weighted by Gasteiger charge is 2.20. The summed E-state index contributed by atoms with van der Waals surface area (Å²) in [6.45, 7) is 6.44. The number of amides is 2. The number of hydrogen-bond donors (Lipinski definition) is 2. The molecule has 1 aliphatic heterocycles. The molecule has 0 bridgehead atoms. The monoisotopic (exact) mass is 293 g/mol. The van der Waals surface area contributed by atoms with Crippen LogP contribution in [0.5, 0.6) is 0 Å². The molecular weight excluding hydrogens is 270 g/mol. The minimum absolute atomic E-state index is 0.0428. The van der Waals surface area contributed by atoms with Gasteiger partial charge in [0.1, 0.15) is 5.69 Å². The van der Waals surface area contributed by atoms with Gasteiger partial charge in [-0.3, -0.25) is 9.59 Å². The van der Waals surface area contributed by atoms with Crippen molar-refractivity contribution in [2.24, 2.45) is 5.92 Å². The molecule has 0 fully saturated rings. The molecule has 0 saturated carbocycles. The summed E-state index contributed by atoms with van der Waals surface area (Å²) in [5.41, 5.74) is 0.374. The number of likely N-dealkylation sites (N-methyl/N-ethyl adjacent to an activating group) is 1. The molecule has 116 valence electrons. The highest BCUT2D eigenvalue weighted by atomic mass is 16.2. The Morgan fingerprint density at radius 2 is 2.29 bits per heavy atom. The number of aryl methyl sites for hydroxylation is 1. The third kappa shape index (κ3) is 3.96. The molecule has 7 nitrogen and oxygen atoms in total. The van der Waals surface area contributed by atoms with E-state index in [1.807, 2.05) is 18.4 Å². The van der Waals surface area contributed by atoms with Gasteiger partial charge in [-0.15, -0.1) is 0 Å². The molecule has 0 aromatic carbocycles. The van der Waals surface area contributed by atoms with Crippen molar-refractivity contribution in [3.8, 4) is 0 Å². The molecule has 2 N–H and O–H groups in total. The first-order chi connectivity index (χ1) is 9.97. The second-order valence-corrected chi connectivity index (χ2v) is 5.78. The van der Waals surface area contributed by atoms with Crippen molar-refractivity contribution in [1.29, 1.82) is 0 Å². The number of hydrogen-bond acceptors (Lipinski definition) is 4. The molecule has 0 unspecified atom stereocenters. The Morgan fingerprint density at radius 3 is 2.95 bits per heavy atom. The SMILES string of the molecule is CC(C)CNC(=O)CN(C)C(=O)c1cn2c(n1)NCCC2. The fourth-order valence-electron chi connectivity index (χ4n) is 2.14. The molecule has 1 aromatic heterocycles. The average molecular weight is 293 g/mol. The van der Waals surface area contributed by atoms with E-state index in [1.165, 1.54) is 4.90 Å². The number of nitrogens with one attached hydrogen (secondary N) is 2. The lowest BCUT2D eigenvalue weighted by atomic mass is 10.2. The first-order valence-electron chi connectivity index (χ1n) is 7.30. The number of rotatable bonds is 5. The van der Waals surface area contributed by atoms with Crippen molar-refractivity contribution in [2.45, 2.75) is 26.8 Å². The van der Waals surface area contributed by atoms with E-state index < -0.39 is 0 Å². The van der Waals surface area contributed by atoms with Crippen LogP contribution in [-0.2, 0) is 11.3 Å². The smallest absolute Gasteiger partial charge is 0.274 e. The van der Waals surface area contributed by atoms with Gasteiger partial charge in [-0.2, -0.15) is 0 Å². The number of anilines is 1. The number of aromatic nitrogens is 2. The van der Waals surface area contributed by atoms with Crippen LogP contribution in [0.15, 0.2) is 6.20 Å². The topological polar surface area (TPSA) is 79.3 Å². The van der Waals surface area contributed by atoms with Crippen LogP contribution in [0.25, 0.3) is 0 Å². The van der Waals surface area contributed by atoms with Crippen LogP contribution in [0.3, 0.4) is 0 Å². The highest BCUT2D eigenvalue weighted by molar-refractivity contribution is 5.95. The molecule has 2 heterocycles. The van der Waals surface area contributed by atoms with Crippen LogP contribution in [0.2, 0.25) is 0 Å². The molecule has 0 aliphatic carbocycles. The van der Waals surface area contributed by atoms with Gasteiger partial charge in [0.2, 0.25) is 11.9 Å². The Labute approximate surface area is 124 Å². The van der Waals surface area contributed by atoms with E-state index >= 15 is 0 Å². The first kappa shape index (κ1) is 15.3. The molecule has 0 radical (unpaired) electrons. The van der Waals surface area contributed by atoms with Gasteiger partial charge in [0, 0.05) is 32.9 Å². The minimum Gasteiger partial charge on any atom is -0.356 e. The second-order valence-electron chi connectivity index (χ2n) is 5.78. The summed E-state index contributed by atoms with van der Waals surface area (Å²) in [5.74, 6) is 0.725. The number of carbonyl (C=O) groups is 2. The number of nitrogens with zero attached hydrogens (tertiary/aromatic N) is 3. The van der Waals surface area contributed by atoms with Gasteiger partial charge in [-0.1, -0.05) is 13.8 Å². The van der Waals surface area contributed by atoms with Gasteiger partial charge in [0.25, 0.3) is 5.91 Å². The maximum atomic E-state index is 12.3. The van der Waals surface area contributed by atoms with Gasteiger partial charge in [-0.25, -0.2) is 4.98 Å². The van der Waals surface area contributed by atoms with Crippen LogP contribution in [0.1, 0.15) is 30.8 Å². The number of carbonyl (C=O) groups excluding carboxylic acids is 2. The summed E-state index contributed by atoms with van der Waals surface area (Å²) in [7, 11) is 1.61. The third-order valence-corrected chi connectivity index (χ3v) is 3.29. The fourth-order valence-corrected chi connectivity index (χ4v) is 2.14. The van der Waals surface area contributed by atoms with E-state index in [1.54, 1.807) is 13.2 Å². The summed E-state index contributed by atoms with van der Waals surface area (Å²) < 4.78 is 1.93. The zero-order valence-corrected chi connectivity index (χ0v) is 12.8.